The Hall–Kier alpha value is -2.10. The summed E-state index contributed by atoms with van der Waals surface area (Å²) in [5.41, 5.74) is 4.49. The predicted molar refractivity (Wildman–Crippen MR) is 123 cm³/mol. The molecule has 0 N–H and O–H groups in total. The molecule has 0 aliphatic carbocycles. The molecule has 2 aliphatic heterocycles. The van der Waals surface area contributed by atoms with Crippen LogP contribution in [0.25, 0.3) is 5.57 Å². The monoisotopic (exact) mass is 410 g/mol. The van der Waals surface area contributed by atoms with E-state index in [1.54, 1.807) is 0 Å². The third-order valence-corrected chi connectivity index (χ3v) is 6.65. The number of imide groups is 1. The van der Waals surface area contributed by atoms with Crippen molar-refractivity contribution in [3.8, 4) is 0 Å². The van der Waals surface area contributed by atoms with Gasteiger partial charge in [0.1, 0.15) is 5.70 Å². The van der Waals surface area contributed by atoms with E-state index < -0.39 is 0 Å². The van der Waals surface area contributed by atoms with Gasteiger partial charge in [0.05, 0.1) is 5.57 Å². The summed E-state index contributed by atoms with van der Waals surface area (Å²) in [7, 11) is 0. The summed E-state index contributed by atoms with van der Waals surface area (Å²) in [6.45, 7) is 10.8. The lowest BCUT2D eigenvalue weighted by molar-refractivity contribution is -0.137. The Labute approximate surface area is 182 Å². The maximum Gasteiger partial charge on any atom is 0.277 e. The number of amides is 2. The van der Waals surface area contributed by atoms with Crippen LogP contribution in [0.3, 0.4) is 0 Å². The van der Waals surface area contributed by atoms with E-state index in [4.69, 9.17) is 0 Å². The Morgan fingerprint density at radius 2 is 1.70 bits per heavy atom. The Bertz CT molecular complexity index is 811. The molecule has 30 heavy (non-hydrogen) atoms. The zero-order valence-electron chi connectivity index (χ0n) is 19.3. The molecule has 0 saturated carbocycles. The van der Waals surface area contributed by atoms with Crippen LogP contribution in [0.1, 0.15) is 81.9 Å². The average Bonchev–Trinajstić information content (AvgIpc) is 2.97. The van der Waals surface area contributed by atoms with Crippen LogP contribution in [-0.2, 0) is 9.59 Å². The van der Waals surface area contributed by atoms with E-state index in [9.17, 15) is 9.59 Å². The van der Waals surface area contributed by atoms with Crippen LogP contribution in [-0.4, -0.2) is 41.2 Å². The second-order valence-electron chi connectivity index (χ2n) is 9.25. The van der Waals surface area contributed by atoms with Crippen molar-refractivity contribution in [1.82, 2.24) is 9.80 Å². The van der Waals surface area contributed by atoms with Crippen molar-refractivity contribution in [2.24, 2.45) is 5.92 Å². The van der Waals surface area contributed by atoms with Crippen LogP contribution in [0.4, 0.5) is 0 Å². The van der Waals surface area contributed by atoms with Crippen molar-refractivity contribution in [3.63, 3.8) is 0 Å². The molecule has 0 spiro atoms. The highest BCUT2D eigenvalue weighted by Gasteiger charge is 2.41. The number of unbranched alkanes of at least 4 members (excludes halogenated alkanes) is 5. The minimum atomic E-state index is -0.106. The number of piperidine rings is 1. The van der Waals surface area contributed by atoms with Gasteiger partial charge in [-0.05, 0) is 55.7 Å². The van der Waals surface area contributed by atoms with E-state index >= 15 is 0 Å². The summed E-state index contributed by atoms with van der Waals surface area (Å²) in [5, 5.41) is 0. The summed E-state index contributed by atoms with van der Waals surface area (Å²) < 4.78 is 0. The van der Waals surface area contributed by atoms with E-state index in [-0.39, 0.29) is 11.8 Å². The van der Waals surface area contributed by atoms with Gasteiger partial charge >= 0.3 is 0 Å². The quantitative estimate of drug-likeness (QED) is 0.400. The van der Waals surface area contributed by atoms with Gasteiger partial charge in [-0.1, -0.05) is 64.2 Å². The molecule has 2 heterocycles. The highest BCUT2D eigenvalue weighted by molar-refractivity contribution is 6.35. The Kier molecular flexibility index (Phi) is 7.74. The molecule has 1 aromatic carbocycles. The molecule has 2 aliphatic rings. The summed E-state index contributed by atoms with van der Waals surface area (Å²) in [6.07, 6.45) is 9.13. The first-order valence-electron chi connectivity index (χ1n) is 11.9. The minimum absolute atomic E-state index is 0.0871. The molecule has 4 heteroatoms. The number of likely N-dealkylation sites (tertiary alicyclic amines) is 1. The summed E-state index contributed by atoms with van der Waals surface area (Å²) in [5.74, 6) is 0.351. The van der Waals surface area contributed by atoms with Crippen molar-refractivity contribution in [3.05, 3.63) is 40.6 Å². The molecule has 2 amide bonds. The number of hydrogen-bond donors (Lipinski definition) is 0. The van der Waals surface area contributed by atoms with Gasteiger partial charge in [0, 0.05) is 19.6 Å². The smallest absolute Gasteiger partial charge is 0.277 e. The number of rotatable bonds is 9. The second-order valence-corrected chi connectivity index (χ2v) is 9.25. The van der Waals surface area contributed by atoms with Gasteiger partial charge in [0.25, 0.3) is 11.8 Å². The molecule has 164 valence electrons. The largest absolute Gasteiger partial charge is 0.366 e. The molecular weight excluding hydrogens is 372 g/mol. The molecule has 1 atom stereocenters. The number of hydrogen-bond acceptors (Lipinski definition) is 3. The minimum Gasteiger partial charge on any atom is -0.366 e. The van der Waals surface area contributed by atoms with Crippen LogP contribution in [0.5, 0.6) is 0 Å². The highest BCUT2D eigenvalue weighted by Crippen LogP contribution is 2.34. The maximum atomic E-state index is 13.4. The molecule has 1 fully saturated rings. The molecule has 3 rings (SSSR count). The number of nitrogens with zero attached hydrogens (tertiary/aromatic N) is 2. The fraction of sp³-hybridized carbons (Fsp3) is 0.615. The SMILES string of the molecule is CCCCCCCCN1C(=O)C(c2ccc(C)c(C)c2)=C(N2CCCC(C)C2)C1=O. The van der Waals surface area contributed by atoms with Gasteiger partial charge < -0.3 is 4.90 Å². The zero-order chi connectivity index (χ0) is 21.7. The Morgan fingerprint density at radius 3 is 2.40 bits per heavy atom. The molecule has 1 aromatic rings. The van der Waals surface area contributed by atoms with Crippen molar-refractivity contribution in [2.45, 2.75) is 79.1 Å². The number of carbonyl (C=O) groups is 2. The Balaban J connectivity index is 1.84. The number of aryl methyl sites for hydroxylation is 2. The summed E-state index contributed by atoms with van der Waals surface area (Å²) >= 11 is 0. The molecule has 0 bridgehead atoms. The predicted octanol–water partition coefficient (Wildman–Crippen LogP) is 5.48. The number of carbonyl (C=O) groups excluding carboxylic acids is 2. The topological polar surface area (TPSA) is 40.6 Å². The normalized spacial score (nSPS) is 19.9. The summed E-state index contributed by atoms with van der Waals surface area (Å²) in [6, 6.07) is 6.13. The van der Waals surface area contributed by atoms with Gasteiger partial charge in [-0.2, -0.15) is 0 Å². The Morgan fingerprint density at radius 1 is 0.967 bits per heavy atom. The van der Waals surface area contributed by atoms with Crippen molar-refractivity contribution in [1.29, 1.82) is 0 Å². The van der Waals surface area contributed by atoms with Gasteiger partial charge in [0.15, 0.2) is 0 Å². The molecule has 0 aromatic heterocycles. The summed E-state index contributed by atoms with van der Waals surface area (Å²) in [4.78, 5) is 30.6. The van der Waals surface area contributed by atoms with Gasteiger partial charge in [-0.15, -0.1) is 0 Å². The third kappa shape index (κ3) is 4.96. The van der Waals surface area contributed by atoms with Gasteiger partial charge in [-0.3, -0.25) is 14.5 Å². The lowest BCUT2D eigenvalue weighted by Gasteiger charge is -2.33. The first-order valence-corrected chi connectivity index (χ1v) is 11.9. The van der Waals surface area contributed by atoms with E-state index in [0.29, 0.717) is 23.7 Å². The molecule has 1 unspecified atom stereocenters. The first kappa shape index (κ1) is 22.6. The fourth-order valence-electron chi connectivity index (χ4n) is 4.66. The van der Waals surface area contributed by atoms with E-state index in [1.807, 2.05) is 6.07 Å². The van der Waals surface area contributed by atoms with Crippen LogP contribution >= 0.6 is 0 Å². The van der Waals surface area contributed by atoms with Crippen LogP contribution in [0, 0.1) is 19.8 Å². The molecule has 4 nitrogen and oxygen atoms in total. The van der Waals surface area contributed by atoms with Crippen molar-refractivity contribution in [2.75, 3.05) is 19.6 Å². The standard InChI is InChI=1S/C26H38N2O2/c1-5-6-7-8-9-10-16-28-25(29)23(22-14-13-20(3)21(4)17-22)24(26(28)30)27-15-11-12-19(2)18-27/h13-14,17,19H,5-12,15-16,18H2,1-4H3. The zero-order valence-corrected chi connectivity index (χ0v) is 19.3. The van der Waals surface area contributed by atoms with Crippen molar-refractivity contribution < 1.29 is 9.59 Å². The van der Waals surface area contributed by atoms with Crippen LogP contribution < -0.4 is 0 Å². The lowest BCUT2D eigenvalue weighted by atomic mass is 9.96. The lowest BCUT2D eigenvalue weighted by Crippen LogP contribution is -2.39. The third-order valence-electron chi connectivity index (χ3n) is 6.65. The molecular formula is C26H38N2O2. The second kappa shape index (κ2) is 10.3. The van der Waals surface area contributed by atoms with Crippen molar-refractivity contribution >= 4 is 17.4 Å². The van der Waals surface area contributed by atoms with Crippen LogP contribution in [0.15, 0.2) is 23.9 Å². The first-order chi connectivity index (χ1) is 14.4. The van der Waals surface area contributed by atoms with Crippen LogP contribution in [0.2, 0.25) is 0 Å². The average molecular weight is 411 g/mol. The fourth-order valence-corrected chi connectivity index (χ4v) is 4.66. The molecule has 1 saturated heterocycles. The van der Waals surface area contributed by atoms with E-state index in [2.05, 4.69) is 44.7 Å². The highest BCUT2D eigenvalue weighted by atomic mass is 16.2. The number of benzene rings is 1. The van der Waals surface area contributed by atoms with Gasteiger partial charge in [-0.25, -0.2) is 0 Å². The van der Waals surface area contributed by atoms with Gasteiger partial charge in [0.2, 0.25) is 0 Å². The maximum absolute atomic E-state index is 13.4. The molecule has 0 radical (unpaired) electrons. The van der Waals surface area contributed by atoms with E-state index in [0.717, 1.165) is 43.5 Å². The van der Waals surface area contributed by atoms with E-state index in [1.165, 1.54) is 42.6 Å².